The minimum absolute atomic E-state index is 0.0822. The minimum Gasteiger partial charge on any atom is -0.488 e. The predicted molar refractivity (Wildman–Crippen MR) is 82.2 cm³/mol. The summed E-state index contributed by atoms with van der Waals surface area (Å²) >= 11 is 3.39. The molecule has 0 aromatic heterocycles. The molecule has 3 nitrogen and oxygen atoms in total. The van der Waals surface area contributed by atoms with Crippen molar-refractivity contribution in [3.63, 3.8) is 0 Å². The van der Waals surface area contributed by atoms with Gasteiger partial charge in [-0.25, -0.2) is 4.39 Å². The highest BCUT2D eigenvalue weighted by molar-refractivity contribution is 9.10. The van der Waals surface area contributed by atoms with Gasteiger partial charge < -0.3 is 10.5 Å². The van der Waals surface area contributed by atoms with Gasteiger partial charge in [-0.1, -0.05) is 22.0 Å². The van der Waals surface area contributed by atoms with Crippen molar-refractivity contribution in [2.24, 2.45) is 5.73 Å². The number of rotatable bonds is 4. The first-order valence-electron chi connectivity index (χ1n) is 6.37. The molecule has 0 amide bonds. The number of nitriles is 1. The van der Waals surface area contributed by atoms with Crippen LogP contribution in [0.3, 0.4) is 0 Å². The fourth-order valence-corrected chi connectivity index (χ4v) is 2.27. The first kappa shape index (κ1) is 15.5. The molecule has 1 atom stereocenters. The molecule has 0 aliphatic heterocycles. The van der Waals surface area contributed by atoms with E-state index in [0.717, 1.165) is 10.0 Å². The lowest BCUT2D eigenvalue weighted by molar-refractivity contribution is 0.295. The standard InChI is InChI=1S/C16H14BrFN2O/c1-10(20)14-7-13(17)4-5-16(14)21-9-12-3-2-11(8-19)6-15(12)18/h2-7,10H,9,20H2,1H3. The monoisotopic (exact) mass is 348 g/mol. The van der Waals surface area contributed by atoms with Gasteiger partial charge in [-0.2, -0.15) is 5.26 Å². The van der Waals surface area contributed by atoms with Crippen molar-refractivity contribution in [2.45, 2.75) is 19.6 Å². The number of nitrogens with two attached hydrogens (primary N) is 1. The van der Waals surface area contributed by atoms with Crippen LogP contribution in [-0.4, -0.2) is 0 Å². The summed E-state index contributed by atoms with van der Waals surface area (Å²) in [6.45, 7) is 1.94. The first-order valence-corrected chi connectivity index (χ1v) is 7.17. The van der Waals surface area contributed by atoms with Crippen LogP contribution in [-0.2, 0) is 6.61 Å². The van der Waals surface area contributed by atoms with Gasteiger partial charge in [0, 0.05) is 21.6 Å². The molecular formula is C16H14BrFN2O. The molecule has 0 aliphatic carbocycles. The Morgan fingerprint density at radius 2 is 2.10 bits per heavy atom. The van der Waals surface area contributed by atoms with Gasteiger partial charge in [-0.05, 0) is 37.3 Å². The third-order valence-electron chi connectivity index (χ3n) is 3.03. The van der Waals surface area contributed by atoms with E-state index >= 15 is 0 Å². The molecule has 0 heterocycles. The van der Waals surface area contributed by atoms with Crippen LogP contribution in [0.25, 0.3) is 0 Å². The van der Waals surface area contributed by atoms with E-state index in [1.807, 2.05) is 25.1 Å². The average molecular weight is 349 g/mol. The lowest BCUT2D eigenvalue weighted by Crippen LogP contribution is -2.08. The smallest absolute Gasteiger partial charge is 0.131 e. The predicted octanol–water partition coefficient (Wildman–Crippen LogP) is 4.06. The number of nitrogens with zero attached hydrogens (tertiary/aromatic N) is 1. The van der Waals surface area contributed by atoms with E-state index in [-0.39, 0.29) is 18.2 Å². The molecule has 2 aromatic rings. The summed E-state index contributed by atoms with van der Waals surface area (Å²) in [7, 11) is 0. The Labute approximate surface area is 131 Å². The van der Waals surface area contributed by atoms with E-state index in [1.54, 1.807) is 18.2 Å². The second-order valence-corrected chi connectivity index (χ2v) is 5.59. The van der Waals surface area contributed by atoms with E-state index in [2.05, 4.69) is 15.9 Å². The highest BCUT2D eigenvalue weighted by atomic mass is 79.9. The summed E-state index contributed by atoms with van der Waals surface area (Å²) in [5, 5.41) is 8.72. The maximum absolute atomic E-state index is 13.8. The second kappa shape index (κ2) is 6.70. The Morgan fingerprint density at radius 1 is 1.33 bits per heavy atom. The van der Waals surface area contributed by atoms with Crippen LogP contribution in [0.15, 0.2) is 40.9 Å². The lowest BCUT2D eigenvalue weighted by Gasteiger charge is -2.15. The average Bonchev–Trinajstić information content (AvgIpc) is 2.46. The van der Waals surface area contributed by atoms with Gasteiger partial charge in [0.1, 0.15) is 18.2 Å². The number of halogens is 2. The number of benzene rings is 2. The molecule has 2 N–H and O–H groups in total. The Bertz CT molecular complexity index is 695. The second-order valence-electron chi connectivity index (χ2n) is 4.68. The zero-order chi connectivity index (χ0) is 15.4. The minimum atomic E-state index is -0.450. The van der Waals surface area contributed by atoms with Crippen molar-refractivity contribution >= 4 is 15.9 Å². The molecule has 21 heavy (non-hydrogen) atoms. The van der Waals surface area contributed by atoms with Crippen molar-refractivity contribution in [1.29, 1.82) is 5.26 Å². The van der Waals surface area contributed by atoms with Crippen LogP contribution in [0.2, 0.25) is 0 Å². The number of ether oxygens (including phenoxy) is 1. The zero-order valence-corrected chi connectivity index (χ0v) is 13.0. The lowest BCUT2D eigenvalue weighted by atomic mass is 10.1. The molecule has 2 aromatic carbocycles. The number of hydrogen-bond donors (Lipinski definition) is 1. The van der Waals surface area contributed by atoms with E-state index < -0.39 is 5.82 Å². The molecular weight excluding hydrogens is 335 g/mol. The van der Waals surface area contributed by atoms with E-state index in [0.29, 0.717) is 11.3 Å². The fraction of sp³-hybridized carbons (Fsp3) is 0.188. The first-order chi connectivity index (χ1) is 10.0. The van der Waals surface area contributed by atoms with Crippen LogP contribution >= 0.6 is 15.9 Å². The Hall–Kier alpha value is -1.90. The van der Waals surface area contributed by atoms with Gasteiger partial charge in [0.25, 0.3) is 0 Å². The molecule has 0 fully saturated rings. The van der Waals surface area contributed by atoms with Gasteiger partial charge >= 0.3 is 0 Å². The quantitative estimate of drug-likeness (QED) is 0.906. The van der Waals surface area contributed by atoms with E-state index in [4.69, 9.17) is 15.7 Å². The normalized spacial score (nSPS) is 11.8. The van der Waals surface area contributed by atoms with Crippen molar-refractivity contribution in [2.75, 3.05) is 0 Å². The molecule has 0 aliphatic rings. The van der Waals surface area contributed by atoms with E-state index in [1.165, 1.54) is 6.07 Å². The Kier molecular flexibility index (Phi) is 4.94. The Balaban J connectivity index is 2.19. The summed E-state index contributed by atoms with van der Waals surface area (Å²) in [6, 6.07) is 11.5. The largest absolute Gasteiger partial charge is 0.488 e. The van der Waals surface area contributed by atoms with Gasteiger partial charge in [0.2, 0.25) is 0 Å². The van der Waals surface area contributed by atoms with Crippen LogP contribution < -0.4 is 10.5 Å². The molecule has 2 rings (SSSR count). The third kappa shape index (κ3) is 3.81. The van der Waals surface area contributed by atoms with Gasteiger partial charge in [-0.3, -0.25) is 0 Å². The molecule has 0 saturated heterocycles. The topological polar surface area (TPSA) is 59.0 Å². The highest BCUT2D eigenvalue weighted by Gasteiger charge is 2.10. The van der Waals surface area contributed by atoms with Crippen LogP contribution in [0.5, 0.6) is 5.75 Å². The summed E-state index contributed by atoms with van der Waals surface area (Å²) < 4.78 is 20.4. The van der Waals surface area contributed by atoms with Crippen molar-refractivity contribution in [3.8, 4) is 11.8 Å². The summed E-state index contributed by atoms with van der Waals surface area (Å²) in [5.74, 6) is 0.172. The molecule has 0 bridgehead atoms. The Morgan fingerprint density at radius 3 is 2.71 bits per heavy atom. The van der Waals surface area contributed by atoms with Crippen molar-refractivity contribution in [1.82, 2.24) is 0 Å². The van der Waals surface area contributed by atoms with Gasteiger partial charge in [-0.15, -0.1) is 0 Å². The number of hydrogen-bond acceptors (Lipinski definition) is 3. The van der Waals surface area contributed by atoms with Gasteiger partial charge in [0.15, 0.2) is 0 Å². The zero-order valence-electron chi connectivity index (χ0n) is 11.4. The summed E-state index contributed by atoms with van der Waals surface area (Å²) in [6.07, 6.45) is 0. The summed E-state index contributed by atoms with van der Waals surface area (Å²) in [4.78, 5) is 0. The molecule has 0 spiro atoms. The maximum atomic E-state index is 13.8. The van der Waals surface area contributed by atoms with Crippen LogP contribution in [0.4, 0.5) is 4.39 Å². The van der Waals surface area contributed by atoms with Crippen LogP contribution in [0, 0.1) is 17.1 Å². The summed E-state index contributed by atoms with van der Waals surface area (Å²) in [5.41, 5.74) is 7.44. The molecule has 1 unspecified atom stereocenters. The molecule has 0 saturated carbocycles. The molecule has 5 heteroatoms. The fourth-order valence-electron chi connectivity index (χ4n) is 1.90. The highest BCUT2D eigenvalue weighted by Crippen LogP contribution is 2.28. The van der Waals surface area contributed by atoms with Crippen molar-refractivity contribution in [3.05, 3.63) is 63.4 Å². The van der Waals surface area contributed by atoms with E-state index in [9.17, 15) is 4.39 Å². The maximum Gasteiger partial charge on any atom is 0.131 e. The van der Waals surface area contributed by atoms with Crippen molar-refractivity contribution < 1.29 is 9.13 Å². The van der Waals surface area contributed by atoms with Gasteiger partial charge in [0.05, 0.1) is 11.6 Å². The van der Waals surface area contributed by atoms with Crippen LogP contribution in [0.1, 0.15) is 29.7 Å². The molecule has 108 valence electrons. The third-order valence-corrected chi connectivity index (χ3v) is 3.52. The SMILES string of the molecule is CC(N)c1cc(Br)ccc1OCc1ccc(C#N)cc1F. The molecule has 0 radical (unpaired) electrons.